The van der Waals surface area contributed by atoms with Crippen molar-refractivity contribution in [1.29, 1.82) is 0 Å². The van der Waals surface area contributed by atoms with Crippen LogP contribution in [0.1, 0.15) is 16.8 Å². The first-order valence-corrected chi connectivity index (χ1v) is 12.6. The van der Waals surface area contributed by atoms with Gasteiger partial charge >= 0.3 is 0 Å². The summed E-state index contributed by atoms with van der Waals surface area (Å²) < 4.78 is 8.31. The molecule has 5 rings (SSSR count). The van der Waals surface area contributed by atoms with E-state index in [1.54, 1.807) is 35.0 Å². The number of amides is 1. The van der Waals surface area contributed by atoms with E-state index in [9.17, 15) is 4.79 Å². The van der Waals surface area contributed by atoms with Crippen LogP contribution in [0.4, 0.5) is 11.5 Å². The first-order valence-electron chi connectivity index (χ1n) is 11.8. The molecule has 5 aromatic rings. The number of carbonyl (C=O) groups is 1. The lowest BCUT2D eigenvalue weighted by Gasteiger charge is -2.12. The number of hydrogen-bond acceptors (Lipinski definition) is 6. The van der Waals surface area contributed by atoms with Gasteiger partial charge in [-0.3, -0.25) is 4.79 Å². The van der Waals surface area contributed by atoms with Gasteiger partial charge in [0.2, 0.25) is 0 Å². The predicted octanol–water partition coefficient (Wildman–Crippen LogP) is 5.77. The van der Waals surface area contributed by atoms with E-state index in [2.05, 4.69) is 31.7 Å². The number of halogens is 1. The minimum Gasteiger partial charge on any atom is -0.457 e. The first-order chi connectivity index (χ1) is 18.1. The fourth-order valence-corrected chi connectivity index (χ4v) is 4.19. The highest BCUT2D eigenvalue weighted by molar-refractivity contribution is 9.10. The largest absolute Gasteiger partial charge is 0.457 e. The smallest absolute Gasteiger partial charge is 0.251 e. The van der Waals surface area contributed by atoms with Crippen LogP contribution in [0.2, 0.25) is 0 Å². The Hall–Kier alpha value is -4.37. The number of nitrogen functional groups attached to an aromatic ring is 1. The van der Waals surface area contributed by atoms with Crippen LogP contribution in [-0.2, 0) is 0 Å². The first kappa shape index (κ1) is 24.3. The SMILES string of the molecule is Nc1ccccc1-c1cc(NCCCNC(=O)c2ccc(Oc3ccccc3)cc2)n2ncc(Br)c2n1. The van der Waals surface area contributed by atoms with Gasteiger partial charge in [-0.2, -0.15) is 9.61 Å². The molecule has 0 aliphatic heterocycles. The summed E-state index contributed by atoms with van der Waals surface area (Å²) in [6.45, 7) is 1.15. The fraction of sp³-hybridized carbons (Fsp3) is 0.107. The number of nitrogens with one attached hydrogen (secondary N) is 2. The Kier molecular flexibility index (Phi) is 7.32. The molecule has 0 fully saturated rings. The normalized spacial score (nSPS) is 10.8. The molecule has 2 heterocycles. The molecular weight excluding hydrogens is 532 g/mol. The zero-order valence-corrected chi connectivity index (χ0v) is 21.5. The molecule has 2 aromatic heterocycles. The van der Waals surface area contributed by atoms with Gasteiger partial charge in [0.15, 0.2) is 5.65 Å². The lowest BCUT2D eigenvalue weighted by Crippen LogP contribution is -2.25. The summed E-state index contributed by atoms with van der Waals surface area (Å²) in [5.74, 6) is 2.09. The van der Waals surface area contributed by atoms with Crippen molar-refractivity contribution in [2.24, 2.45) is 0 Å². The third kappa shape index (κ3) is 5.73. The molecule has 0 aliphatic rings. The van der Waals surface area contributed by atoms with E-state index in [0.29, 0.717) is 35.7 Å². The van der Waals surface area contributed by atoms with Crippen molar-refractivity contribution in [2.45, 2.75) is 6.42 Å². The maximum absolute atomic E-state index is 12.5. The third-order valence-corrected chi connectivity index (χ3v) is 6.27. The van der Waals surface area contributed by atoms with Crippen molar-refractivity contribution >= 4 is 39.0 Å². The molecule has 0 spiro atoms. The minimum absolute atomic E-state index is 0.129. The second-order valence-corrected chi connectivity index (χ2v) is 9.17. The summed E-state index contributed by atoms with van der Waals surface area (Å²) in [5, 5.41) is 10.8. The molecule has 0 saturated heterocycles. The van der Waals surface area contributed by atoms with Crippen LogP contribution in [0.15, 0.2) is 95.6 Å². The van der Waals surface area contributed by atoms with Crippen LogP contribution < -0.4 is 21.1 Å². The van der Waals surface area contributed by atoms with Gasteiger partial charge in [-0.15, -0.1) is 0 Å². The molecule has 186 valence electrons. The van der Waals surface area contributed by atoms with Gasteiger partial charge in [-0.05, 0) is 64.8 Å². The van der Waals surface area contributed by atoms with Gasteiger partial charge in [-0.25, -0.2) is 4.98 Å². The number of para-hydroxylation sites is 2. The molecule has 37 heavy (non-hydrogen) atoms. The summed E-state index contributed by atoms with van der Waals surface area (Å²) in [6, 6.07) is 26.2. The number of ether oxygens (including phenoxy) is 1. The number of nitrogens with zero attached hydrogens (tertiary/aromatic N) is 3. The van der Waals surface area contributed by atoms with E-state index in [1.807, 2.05) is 60.7 Å². The molecule has 4 N–H and O–H groups in total. The van der Waals surface area contributed by atoms with E-state index in [-0.39, 0.29) is 5.91 Å². The molecule has 3 aromatic carbocycles. The van der Waals surface area contributed by atoms with Crippen molar-refractivity contribution in [3.8, 4) is 22.8 Å². The summed E-state index contributed by atoms with van der Waals surface area (Å²) in [7, 11) is 0. The van der Waals surface area contributed by atoms with Crippen molar-refractivity contribution in [3.05, 3.63) is 101 Å². The average Bonchev–Trinajstić information content (AvgIpc) is 3.30. The van der Waals surface area contributed by atoms with Gasteiger partial charge in [0.25, 0.3) is 5.91 Å². The quantitative estimate of drug-likeness (QED) is 0.157. The third-order valence-electron chi connectivity index (χ3n) is 5.71. The Labute approximate surface area is 222 Å². The highest BCUT2D eigenvalue weighted by Gasteiger charge is 2.13. The standard InChI is InChI=1S/C28H25BrN6O2/c29-23-18-33-35-26(17-25(34-27(23)35)22-9-4-5-10-24(22)30)31-15-6-16-32-28(36)19-11-13-21(14-12-19)37-20-7-2-1-3-8-20/h1-5,7-14,17-18,31H,6,15-16,30H2,(H,32,36). The number of hydrogen-bond donors (Lipinski definition) is 3. The molecule has 1 amide bonds. The van der Waals surface area contributed by atoms with E-state index in [4.69, 9.17) is 15.5 Å². The molecule has 8 nitrogen and oxygen atoms in total. The second kappa shape index (κ2) is 11.1. The average molecular weight is 557 g/mol. The fourth-order valence-electron chi connectivity index (χ4n) is 3.84. The molecule has 0 atom stereocenters. The van der Waals surface area contributed by atoms with Crippen LogP contribution in [0.5, 0.6) is 11.5 Å². The molecule has 0 unspecified atom stereocenters. The zero-order chi connectivity index (χ0) is 25.6. The topological polar surface area (TPSA) is 107 Å². The Morgan fingerprint density at radius 2 is 1.68 bits per heavy atom. The van der Waals surface area contributed by atoms with Crippen molar-refractivity contribution in [1.82, 2.24) is 19.9 Å². The van der Waals surface area contributed by atoms with E-state index in [0.717, 1.165) is 33.7 Å². The zero-order valence-electron chi connectivity index (χ0n) is 19.9. The van der Waals surface area contributed by atoms with Crippen LogP contribution in [0.3, 0.4) is 0 Å². The van der Waals surface area contributed by atoms with Crippen LogP contribution >= 0.6 is 15.9 Å². The van der Waals surface area contributed by atoms with E-state index >= 15 is 0 Å². The Balaban J connectivity index is 1.17. The lowest BCUT2D eigenvalue weighted by molar-refractivity contribution is 0.0953. The minimum atomic E-state index is -0.129. The van der Waals surface area contributed by atoms with Gasteiger partial charge in [0.05, 0.1) is 16.4 Å². The number of carbonyl (C=O) groups excluding carboxylic acids is 1. The summed E-state index contributed by atoms with van der Waals surface area (Å²) in [5.41, 5.74) is 9.71. The number of benzene rings is 3. The summed E-state index contributed by atoms with van der Waals surface area (Å²) >= 11 is 3.52. The van der Waals surface area contributed by atoms with Gasteiger partial charge in [0, 0.05) is 36.0 Å². The maximum atomic E-state index is 12.5. The molecular formula is C28H25BrN6O2. The lowest BCUT2D eigenvalue weighted by atomic mass is 10.1. The van der Waals surface area contributed by atoms with Crippen molar-refractivity contribution in [2.75, 3.05) is 24.1 Å². The Morgan fingerprint density at radius 1 is 0.946 bits per heavy atom. The highest BCUT2D eigenvalue weighted by Crippen LogP contribution is 2.29. The number of fused-ring (bicyclic) bond motifs is 1. The van der Waals surface area contributed by atoms with Crippen molar-refractivity contribution < 1.29 is 9.53 Å². The van der Waals surface area contributed by atoms with Gasteiger partial charge in [-0.1, -0.05) is 36.4 Å². The molecule has 0 radical (unpaired) electrons. The van der Waals surface area contributed by atoms with Crippen molar-refractivity contribution in [3.63, 3.8) is 0 Å². The maximum Gasteiger partial charge on any atom is 0.251 e. The number of nitrogens with two attached hydrogens (primary N) is 1. The number of anilines is 2. The molecule has 9 heteroatoms. The van der Waals surface area contributed by atoms with E-state index in [1.165, 1.54) is 0 Å². The predicted molar refractivity (Wildman–Crippen MR) is 149 cm³/mol. The summed E-state index contributed by atoms with van der Waals surface area (Å²) in [4.78, 5) is 17.3. The monoisotopic (exact) mass is 556 g/mol. The second-order valence-electron chi connectivity index (χ2n) is 8.32. The Bertz CT molecular complexity index is 1520. The van der Waals surface area contributed by atoms with E-state index < -0.39 is 0 Å². The molecule has 0 bridgehead atoms. The van der Waals surface area contributed by atoms with Gasteiger partial charge < -0.3 is 21.1 Å². The van der Waals surface area contributed by atoms with Crippen LogP contribution in [0.25, 0.3) is 16.9 Å². The van der Waals surface area contributed by atoms with Gasteiger partial charge in [0.1, 0.15) is 17.3 Å². The Morgan fingerprint density at radius 3 is 2.46 bits per heavy atom. The summed E-state index contributed by atoms with van der Waals surface area (Å²) in [6.07, 6.45) is 2.43. The van der Waals surface area contributed by atoms with Crippen LogP contribution in [0, 0.1) is 0 Å². The molecule has 0 aliphatic carbocycles. The molecule has 0 saturated carbocycles. The highest BCUT2D eigenvalue weighted by atomic mass is 79.9. The van der Waals surface area contributed by atoms with Crippen LogP contribution in [-0.4, -0.2) is 33.6 Å². The number of rotatable bonds is 9. The number of aromatic nitrogens is 3.